The molecule has 1 saturated heterocycles. The number of aliphatic carboxylic acids is 1. The van der Waals surface area contributed by atoms with Gasteiger partial charge in [0.1, 0.15) is 42.3 Å². The van der Waals surface area contributed by atoms with Crippen molar-refractivity contribution >= 4 is 82.1 Å². The zero-order valence-corrected chi connectivity index (χ0v) is 43.4. The number of hydrogen-bond donors (Lipinski definition) is 18. The predicted molar refractivity (Wildman–Crippen MR) is 286 cm³/mol. The fourth-order valence-corrected chi connectivity index (χ4v) is 8.47. The van der Waals surface area contributed by atoms with Gasteiger partial charge in [-0.25, -0.2) is 9.59 Å². The topological polar surface area (TPSA) is 465 Å². The summed E-state index contributed by atoms with van der Waals surface area (Å²) in [6.07, 6.45) is 0.562. The number of carboxylic acids is 1. The van der Waals surface area contributed by atoms with Crippen LogP contribution in [0.15, 0.2) is 60.8 Å². The van der Waals surface area contributed by atoms with Crippen LogP contribution in [0.3, 0.4) is 0 Å². The van der Waals surface area contributed by atoms with Crippen molar-refractivity contribution in [1.82, 2.24) is 63.5 Å². The summed E-state index contributed by atoms with van der Waals surface area (Å²) in [6, 6.07) is 4.75. The number of aromatic amines is 1. The number of nitrogens with two attached hydrogens (primary N) is 3. The van der Waals surface area contributed by atoms with E-state index in [2.05, 4.69) is 63.5 Å². The first kappa shape index (κ1) is 61.6. The van der Waals surface area contributed by atoms with E-state index in [0.717, 1.165) is 10.9 Å². The number of rotatable bonds is 20. The summed E-state index contributed by atoms with van der Waals surface area (Å²) >= 11 is 0. The molecule has 1 aliphatic rings. The minimum atomic E-state index is -1.54. The van der Waals surface area contributed by atoms with Crippen molar-refractivity contribution < 1.29 is 53.1 Å². The maximum absolute atomic E-state index is 14.7. The molecular weight excluding hydrogens is 1010 g/mol. The number of H-pyrrole nitrogens is 1. The van der Waals surface area contributed by atoms with Gasteiger partial charge in [-0.2, -0.15) is 0 Å². The van der Waals surface area contributed by atoms with Gasteiger partial charge >= 0.3 is 12.0 Å². The summed E-state index contributed by atoms with van der Waals surface area (Å²) < 4.78 is 0. The van der Waals surface area contributed by atoms with Gasteiger partial charge in [0, 0.05) is 69.5 Å². The van der Waals surface area contributed by atoms with Gasteiger partial charge < -0.3 is 85.8 Å². The van der Waals surface area contributed by atoms with E-state index in [-0.39, 0.29) is 109 Å². The largest absolute Gasteiger partial charge is 0.480 e. The van der Waals surface area contributed by atoms with Crippen molar-refractivity contribution in [3.05, 3.63) is 71.9 Å². The number of fused-ring (bicyclic) bond motifs is 1. The molecule has 1 aliphatic heterocycles. The summed E-state index contributed by atoms with van der Waals surface area (Å²) in [4.78, 5) is 139. The van der Waals surface area contributed by atoms with Crippen molar-refractivity contribution in [3.8, 4) is 0 Å². The van der Waals surface area contributed by atoms with E-state index >= 15 is 0 Å². The van der Waals surface area contributed by atoms with Crippen LogP contribution in [0, 0.1) is 10.8 Å². The molecule has 1 unspecified atom stereocenters. The number of urea groups is 1. The van der Waals surface area contributed by atoms with E-state index < -0.39 is 108 Å². The fraction of sp³-hybridized carbons (Fsp3) is 0.480. The van der Waals surface area contributed by atoms with Crippen LogP contribution in [-0.4, -0.2) is 150 Å². The monoisotopic (exact) mass is 1090 g/mol. The third-order valence-electron chi connectivity index (χ3n) is 12.4. The lowest BCUT2D eigenvalue weighted by molar-refractivity contribution is -0.142. The van der Waals surface area contributed by atoms with Crippen LogP contribution in [0.4, 0.5) is 4.79 Å². The van der Waals surface area contributed by atoms with Crippen molar-refractivity contribution in [3.63, 3.8) is 0 Å². The summed E-state index contributed by atoms with van der Waals surface area (Å²) in [5.74, 6) is -8.63. The van der Waals surface area contributed by atoms with Crippen LogP contribution in [0.1, 0.15) is 82.3 Å². The quantitative estimate of drug-likeness (QED) is 0.0307. The smallest absolute Gasteiger partial charge is 0.326 e. The van der Waals surface area contributed by atoms with E-state index in [1.165, 1.54) is 6.92 Å². The van der Waals surface area contributed by atoms with Crippen molar-refractivity contribution in [2.24, 2.45) is 17.2 Å². The van der Waals surface area contributed by atoms with E-state index in [1.54, 1.807) is 60.8 Å². The number of hydrogen-bond acceptors (Lipinski definition) is 12. The molecule has 2 heterocycles. The van der Waals surface area contributed by atoms with Gasteiger partial charge in [-0.05, 0) is 75.0 Å². The lowest BCUT2D eigenvalue weighted by atomic mass is 10.0. The van der Waals surface area contributed by atoms with Crippen LogP contribution >= 0.6 is 0 Å². The number of benzene rings is 2. The molecule has 0 spiro atoms. The number of carboxylic acid groups (broad SMARTS) is 1. The Bertz CT molecular complexity index is 2600. The molecule has 0 saturated carbocycles. The molecule has 4 rings (SSSR count). The van der Waals surface area contributed by atoms with Crippen molar-refractivity contribution in [2.75, 3.05) is 26.2 Å². The van der Waals surface area contributed by atoms with E-state index in [9.17, 15) is 53.1 Å². The Labute approximate surface area is 449 Å². The standard InChI is InChI=1S/C50H73N17O11/c1-28(68)61-33(15-7-22-57-48(51)52)41(70)64-36-19-20-40(69)56-21-10-18-37(47(76)77)65-46(75)39(26-30-27-60-32-14-6-5-13-31(30)32)67-43(72)35(16-8-23-58-49(53)54)63-45(74)38(25-29-11-3-2-4-12-29)66-42(71)34(62-44(36)73)17-9-24-59-50(55)78/h2-6,11-14,27,33-39,60H,7-10,15-26H2,1H3,(H,56,69)(H,61,68)(H,62,73)(H,63,74)(H,64,70)(H,65,75)(H,66,71)(H,67,72)(H,76,77)(H4,51,52,57)(H4,53,54,58)(H3,55,59,78)/t33-,34-,35-,36-,37-,38?,39-/m0/s1. The number of primary amides is 1. The summed E-state index contributed by atoms with van der Waals surface area (Å²) in [5.41, 5.74) is 18.0. The molecule has 1 fully saturated rings. The number of carbonyl (C=O) groups is 10. The predicted octanol–water partition coefficient (Wildman–Crippen LogP) is -2.88. The first-order valence-electron chi connectivity index (χ1n) is 25.6. The first-order valence-corrected chi connectivity index (χ1v) is 25.6. The van der Waals surface area contributed by atoms with Gasteiger partial charge in [0.05, 0.1) is 0 Å². The highest BCUT2D eigenvalue weighted by molar-refractivity contribution is 5.98. The van der Waals surface area contributed by atoms with Crippen molar-refractivity contribution in [1.29, 1.82) is 10.8 Å². The second-order valence-electron chi connectivity index (χ2n) is 18.6. The average Bonchev–Trinajstić information content (AvgIpc) is 3.80. The number of aromatic nitrogens is 1. The molecule has 28 heteroatoms. The molecule has 78 heavy (non-hydrogen) atoms. The maximum atomic E-state index is 14.7. The second-order valence-corrected chi connectivity index (χ2v) is 18.6. The normalized spacial score (nSPS) is 20.6. The van der Waals surface area contributed by atoms with Gasteiger partial charge in [0.25, 0.3) is 0 Å². The maximum Gasteiger partial charge on any atom is 0.326 e. The number of amides is 10. The van der Waals surface area contributed by atoms with Gasteiger partial charge in [0.2, 0.25) is 47.3 Å². The van der Waals surface area contributed by atoms with Crippen LogP contribution in [-0.2, 0) is 56.0 Å². The molecule has 21 N–H and O–H groups in total. The molecule has 2 aromatic carbocycles. The highest BCUT2D eigenvalue weighted by atomic mass is 16.4. The minimum absolute atomic E-state index is 0.0175. The lowest BCUT2D eigenvalue weighted by Crippen LogP contribution is -2.60. The molecule has 0 aliphatic carbocycles. The molecule has 424 valence electrons. The molecule has 10 amide bonds. The fourth-order valence-electron chi connectivity index (χ4n) is 8.47. The number of para-hydroxylation sites is 1. The number of nitrogens with one attached hydrogen (secondary N) is 14. The summed E-state index contributed by atoms with van der Waals surface area (Å²) in [5, 5.41) is 54.7. The van der Waals surface area contributed by atoms with Crippen LogP contribution in [0.25, 0.3) is 10.9 Å². The Morgan fingerprint density at radius 3 is 1.85 bits per heavy atom. The third-order valence-corrected chi connectivity index (χ3v) is 12.4. The molecule has 7 atom stereocenters. The van der Waals surface area contributed by atoms with Gasteiger partial charge in [-0.3, -0.25) is 49.2 Å². The Morgan fingerprint density at radius 2 is 1.23 bits per heavy atom. The van der Waals surface area contributed by atoms with Gasteiger partial charge in [-0.1, -0.05) is 48.5 Å². The lowest BCUT2D eigenvalue weighted by Gasteiger charge is -2.28. The minimum Gasteiger partial charge on any atom is -0.480 e. The molecule has 3 aromatic rings. The van der Waals surface area contributed by atoms with Gasteiger partial charge in [0.15, 0.2) is 11.9 Å². The zero-order valence-electron chi connectivity index (χ0n) is 43.4. The zero-order chi connectivity index (χ0) is 57.1. The molecule has 1 aromatic heterocycles. The van der Waals surface area contributed by atoms with E-state index in [4.69, 9.17) is 28.0 Å². The summed E-state index contributed by atoms with van der Waals surface area (Å²) in [7, 11) is 0. The third kappa shape index (κ3) is 21.7. The van der Waals surface area contributed by atoms with Gasteiger partial charge in [-0.15, -0.1) is 0 Å². The second kappa shape index (κ2) is 31.8. The SMILES string of the molecule is CC(=O)N[C@@H](CCCNC(=N)N)C(=O)N[C@H]1CCC(=O)NCCC[C@@H](C(=O)O)NC(=O)[C@H](Cc2c[nH]c3ccccc23)NC(=O)[C@H](CCCNC(=N)N)NC(=O)C(Cc2ccccc2)NC(=O)[C@H](CCCNC(N)=O)NC1=O. The first-order chi connectivity index (χ1) is 37.2. The highest BCUT2D eigenvalue weighted by Crippen LogP contribution is 2.20. The van der Waals surface area contributed by atoms with Crippen LogP contribution in [0.5, 0.6) is 0 Å². The number of guanidine groups is 2. The Morgan fingerprint density at radius 1 is 0.679 bits per heavy atom. The molecular formula is C50H73N17O11. The Hall–Kier alpha value is -8.98. The van der Waals surface area contributed by atoms with E-state index in [0.29, 0.717) is 11.1 Å². The molecule has 28 nitrogen and oxygen atoms in total. The van der Waals surface area contributed by atoms with Crippen LogP contribution < -0.4 is 75.7 Å². The Kier molecular flexibility index (Phi) is 25.1. The van der Waals surface area contributed by atoms with Crippen molar-refractivity contribution in [2.45, 2.75) is 126 Å². The summed E-state index contributed by atoms with van der Waals surface area (Å²) in [6.45, 7) is 1.27. The molecule has 0 radical (unpaired) electrons. The number of carbonyl (C=O) groups excluding carboxylic acids is 9. The van der Waals surface area contributed by atoms with E-state index in [1.807, 2.05) is 0 Å². The highest BCUT2D eigenvalue weighted by Gasteiger charge is 2.35. The van der Waals surface area contributed by atoms with Crippen LogP contribution in [0.2, 0.25) is 0 Å². The average molecular weight is 1090 g/mol. The Balaban J connectivity index is 1.79. The molecule has 0 bridgehead atoms.